The molecule has 1 spiro atoms. The van der Waals surface area contributed by atoms with Crippen LogP contribution in [0.5, 0.6) is 0 Å². The molecule has 2 aromatic rings. The first kappa shape index (κ1) is 34.4. The lowest BCUT2D eigenvalue weighted by atomic mass is 9.85. The number of carbonyl (C=O) groups excluding carboxylic acids is 4. The summed E-state index contributed by atoms with van der Waals surface area (Å²) in [4.78, 5) is 60.5. The number of urea groups is 1. The summed E-state index contributed by atoms with van der Waals surface area (Å²) >= 11 is 17.1. The van der Waals surface area contributed by atoms with Crippen LogP contribution in [0.25, 0.3) is 0 Å². The van der Waals surface area contributed by atoms with Gasteiger partial charge in [-0.3, -0.25) is 24.7 Å². The number of hydrogen-bond donors (Lipinski definition) is 6. The standard InChI is InChI=1S/C29H27Cl3F2N8O7/c1-14-35-22-18(10-41-20(43)12-40(26(41)46)15-6-3-2-4-7-15)36-24(38-25(45)49-13-27(30,31)32)42-11-19(29(47,48)28(22,42)39-14)37-23(44)16-8-5-9-17(33)21(16)34/h2-9,18-19,22,35,39,47-48H,1,10-13H2,(H,37,44)(H,36,38,45)/t18-,19-,22-,28-/m0/s1. The monoisotopic (exact) mass is 742 g/mol. The maximum absolute atomic E-state index is 14.5. The summed E-state index contributed by atoms with van der Waals surface area (Å²) < 4.78 is 31.4. The molecule has 20 heteroatoms. The van der Waals surface area contributed by atoms with E-state index in [1.165, 1.54) is 9.80 Å². The van der Waals surface area contributed by atoms with E-state index in [1.54, 1.807) is 30.3 Å². The maximum Gasteiger partial charge on any atom is 0.414 e. The highest BCUT2D eigenvalue weighted by Gasteiger charge is 2.74. The van der Waals surface area contributed by atoms with Gasteiger partial charge in [0.15, 0.2) is 17.3 Å². The highest BCUT2D eigenvalue weighted by molar-refractivity contribution is 6.67. The Morgan fingerprint density at radius 3 is 2.53 bits per heavy atom. The number of carbonyl (C=O) groups is 4. The Labute approximate surface area is 291 Å². The average Bonchev–Trinajstić information content (AvgIpc) is 3.62. The number of hydrogen-bond acceptors (Lipinski definition) is 11. The van der Waals surface area contributed by atoms with E-state index in [0.29, 0.717) is 5.69 Å². The van der Waals surface area contributed by atoms with E-state index in [-0.39, 0.29) is 18.3 Å². The number of alkyl carbamates (subject to hydrolysis) is 1. The fourth-order valence-electron chi connectivity index (χ4n) is 6.34. The molecule has 6 rings (SSSR count). The molecule has 0 aromatic heterocycles. The highest BCUT2D eigenvalue weighted by atomic mass is 35.6. The molecule has 5 amide bonds. The highest BCUT2D eigenvalue weighted by Crippen LogP contribution is 2.45. The van der Waals surface area contributed by atoms with E-state index in [1.807, 2.05) is 0 Å². The SMILES string of the molecule is C=C1N[C@H]2[C@H](CN3C(=O)CN(c4ccccc4)C3=O)N=C(NC(=O)OCC(Cl)(Cl)Cl)N3C[C@H](NC(=O)c4cccc(F)c4F)C(O)(O)[C@]23N1. The number of rotatable bonds is 6. The van der Waals surface area contributed by atoms with Gasteiger partial charge in [0.05, 0.1) is 30.0 Å². The number of anilines is 1. The summed E-state index contributed by atoms with van der Waals surface area (Å²) in [5.41, 5.74) is -2.39. The number of guanidine groups is 1. The van der Waals surface area contributed by atoms with Gasteiger partial charge in [-0.25, -0.2) is 23.4 Å². The molecule has 49 heavy (non-hydrogen) atoms. The van der Waals surface area contributed by atoms with Crippen LogP contribution in [-0.2, 0) is 9.53 Å². The van der Waals surface area contributed by atoms with Gasteiger partial charge in [0.2, 0.25) is 15.5 Å². The number of aliphatic imine (C=N–C) groups is 1. The third-order valence-corrected chi connectivity index (χ3v) is 8.79. The number of halogens is 5. The summed E-state index contributed by atoms with van der Waals surface area (Å²) in [6.45, 7) is 1.91. The lowest BCUT2D eigenvalue weighted by molar-refractivity contribution is -0.231. The predicted octanol–water partition coefficient (Wildman–Crippen LogP) is 1.09. The van der Waals surface area contributed by atoms with Crippen LogP contribution in [0, 0.1) is 11.6 Å². The fraction of sp³-hybridized carbons (Fsp3) is 0.345. The molecule has 2 aromatic carbocycles. The predicted molar refractivity (Wildman–Crippen MR) is 170 cm³/mol. The Morgan fingerprint density at radius 1 is 1.12 bits per heavy atom. The number of alkyl halides is 3. The Balaban J connectivity index is 1.36. The Kier molecular flexibility index (Phi) is 8.77. The molecule has 4 aliphatic rings. The van der Waals surface area contributed by atoms with Crippen LogP contribution < -0.4 is 26.2 Å². The van der Waals surface area contributed by atoms with Crippen molar-refractivity contribution in [3.05, 3.63) is 78.1 Å². The average molecular weight is 744 g/mol. The number of aliphatic hydroxyl groups is 2. The van der Waals surface area contributed by atoms with Crippen molar-refractivity contribution in [3.63, 3.8) is 0 Å². The Morgan fingerprint density at radius 2 is 1.84 bits per heavy atom. The Hall–Kier alpha value is -4.42. The quantitative estimate of drug-likeness (QED) is 0.142. The number of nitrogens with one attached hydrogen (secondary N) is 4. The van der Waals surface area contributed by atoms with Crippen molar-refractivity contribution < 1.29 is 42.9 Å². The van der Waals surface area contributed by atoms with Crippen LogP contribution in [0.15, 0.2) is 65.9 Å². The molecule has 3 fully saturated rings. The van der Waals surface area contributed by atoms with Crippen LogP contribution in [0.1, 0.15) is 10.4 Å². The van der Waals surface area contributed by atoms with Crippen LogP contribution in [0.2, 0.25) is 0 Å². The van der Waals surface area contributed by atoms with Crippen molar-refractivity contribution in [2.75, 3.05) is 31.1 Å². The summed E-state index contributed by atoms with van der Waals surface area (Å²) in [6, 6.07) is 6.54. The molecule has 0 bridgehead atoms. The molecule has 15 nitrogen and oxygen atoms in total. The van der Waals surface area contributed by atoms with E-state index in [0.717, 1.165) is 23.1 Å². The molecular weight excluding hydrogens is 717 g/mol. The smallest absolute Gasteiger partial charge is 0.414 e. The topological polar surface area (TPSA) is 188 Å². The van der Waals surface area contributed by atoms with Gasteiger partial charge in [-0.2, -0.15) is 0 Å². The van der Waals surface area contributed by atoms with Gasteiger partial charge in [-0.05, 0) is 24.3 Å². The molecule has 6 N–H and O–H groups in total. The van der Waals surface area contributed by atoms with Crippen molar-refractivity contribution in [1.82, 2.24) is 31.1 Å². The zero-order chi connectivity index (χ0) is 35.5. The van der Waals surface area contributed by atoms with Crippen molar-refractivity contribution in [2.24, 2.45) is 4.99 Å². The number of nitrogens with zero attached hydrogens (tertiary/aromatic N) is 4. The lowest BCUT2D eigenvalue weighted by Crippen LogP contribution is -2.78. The zero-order valence-electron chi connectivity index (χ0n) is 25.0. The van der Waals surface area contributed by atoms with Crippen LogP contribution in [0.3, 0.4) is 0 Å². The van der Waals surface area contributed by atoms with E-state index in [9.17, 15) is 38.2 Å². The molecule has 4 heterocycles. The molecule has 3 saturated heterocycles. The second-order valence-electron chi connectivity index (χ2n) is 11.5. The third-order valence-electron chi connectivity index (χ3n) is 8.46. The zero-order valence-corrected chi connectivity index (χ0v) is 27.3. The number of para-hydroxylation sites is 1. The number of benzene rings is 2. The largest absolute Gasteiger partial charge is 0.445 e. The fourth-order valence-corrected chi connectivity index (χ4v) is 6.50. The van der Waals surface area contributed by atoms with Gasteiger partial charge in [0.25, 0.3) is 11.8 Å². The molecule has 0 aliphatic carbocycles. The van der Waals surface area contributed by atoms with E-state index in [4.69, 9.17) is 39.5 Å². The molecule has 4 aliphatic heterocycles. The van der Waals surface area contributed by atoms with Gasteiger partial charge in [-0.15, -0.1) is 0 Å². The second-order valence-corrected chi connectivity index (χ2v) is 14.0. The molecular formula is C29H27Cl3F2N8O7. The first-order chi connectivity index (χ1) is 23.0. The molecule has 4 atom stereocenters. The van der Waals surface area contributed by atoms with Crippen molar-refractivity contribution in [1.29, 1.82) is 0 Å². The van der Waals surface area contributed by atoms with Crippen LogP contribution in [-0.4, -0.2) is 110 Å². The van der Waals surface area contributed by atoms with Crippen LogP contribution >= 0.6 is 34.8 Å². The van der Waals surface area contributed by atoms with Gasteiger partial charge >= 0.3 is 12.1 Å². The second kappa shape index (κ2) is 12.5. The third kappa shape index (κ3) is 6.05. The van der Waals surface area contributed by atoms with Crippen molar-refractivity contribution in [2.45, 2.75) is 33.4 Å². The van der Waals surface area contributed by atoms with E-state index < -0.39 is 94.2 Å². The van der Waals surface area contributed by atoms with Gasteiger partial charge in [0.1, 0.15) is 19.2 Å². The van der Waals surface area contributed by atoms with Gasteiger partial charge < -0.3 is 35.8 Å². The van der Waals surface area contributed by atoms with Gasteiger partial charge in [0, 0.05) is 12.2 Å². The minimum absolute atomic E-state index is 0.0378. The van der Waals surface area contributed by atoms with Crippen molar-refractivity contribution >= 4 is 70.4 Å². The number of ether oxygens (including phenoxy) is 1. The molecule has 0 saturated carbocycles. The minimum Gasteiger partial charge on any atom is -0.445 e. The Bertz CT molecular complexity index is 1760. The first-order valence-electron chi connectivity index (χ1n) is 14.5. The summed E-state index contributed by atoms with van der Waals surface area (Å²) in [5, 5.41) is 34.2. The maximum atomic E-state index is 14.5. The molecule has 260 valence electrons. The minimum atomic E-state index is -3.00. The lowest BCUT2D eigenvalue weighted by Gasteiger charge is -2.49. The van der Waals surface area contributed by atoms with Gasteiger partial charge in [-0.1, -0.05) is 65.6 Å². The van der Waals surface area contributed by atoms with E-state index >= 15 is 0 Å². The van der Waals surface area contributed by atoms with Crippen LogP contribution in [0.4, 0.5) is 24.1 Å². The molecule has 0 radical (unpaired) electrons. The summed E-state index contributed by atoms with van der Waals surface area (Å²) in [6.07, 6.45) is -1.19. The van der Waals surface area contributed by atoms with Crippen molar-refractivity contribution in [3.8, 4) is 0 Å². The normalized spacial score (nSPS) is 25.7. The first-order valence-corrected chi connectivity index (χ1v) is 15.6. The number of amides is 5. The summed E-state index contributed by atoms with van der Waals surface area (Å²) in [5.74, 6) is -7.88. The summed E-state index contributed by atoms with van der Waals surface area (Å²) in [7, 11) is 0. The van der Waals surface area contributed by atoms with E-state index in [2.05, 4.69) is 32.8 Å². The molecule has 0 unspecified atom stereocenters. The number of imide groups is 1.